The number of nitrogens with one attached hydrogen (secondary N) is 1. The molecule has 2 aromatic carbocycles. The summed E-state index contributed by atoms with van der Waals surface area (Å²) >= 11 is 0. The van der Waals surface area contributed by atoms with Gasteiger partial charge in [0.15, 0.2) is 0 Å². The highest BCUT2D eigenvalue weighted by molar-refractivity contribution is 5.34. The van der Waals surface area contributed by atoms with Crippen LogP contribution in [0.1, 0.15) is 55.8 Å². The van der Waals surface area contributed by atoms with Gasteiger partial charge in [-0.2, -0.15) is 0 Å². The van der Waals surface area contributed by atoms with E-state index in [9.17, 15) is 4.39 Å². The molecule has 2 aromatic rings. The van der Waals surface area contributed by atoms with Gasteiger partial charge in [-0.15, -0.1) is 0 Å². The third kappa shape index (κ3) is 3.92. The first-order valence-electron chi connectivity index (χ1n) is 7.74. The zero-order valence-corrected chi connectivity index (χ0v) is 13.1. The average molecular weight is 285 g/mol. The molecule has 0 aromatic heterocycles. The van der Waals surface area contributed by atoms with Gasteiger partial charge in [0, 0.05) is 0 Å². The largest absolute Gasteiger partial charge is 0.307 e. The molecular weight excluding hydrogens is 261 g/mol. The topological polar surface area (TPSA) is 12.0 Å². The predicted octanol–water partition coefficient (Wildman–Crippen LogP) is 5.04. The van der Waals surface area contributed by atoms with E-state index in [-0.39, 0.29) is 11.9 Å². The Balaban J connectivity index is 2.27. The van der Waals surface area contributed by atoms with Crippen molar-refractivity contribution in [3.05, 3.63) is 71.0 Å². The maximum atomic E-state index is 13.1. The van der Waals surface area contributed by atoms with Gasteiger partial charge >= 0.3 is 0 Å². The molecular formula is C19H24FN. The molecule has 0 fully saturated rings. The molecule has 2 unspecified atom stereocenters. The summed E-state index contributed by atoms with van der Waals surface area (Å²) in [6, 6.07) is 15.6. The zero-order chi connectivity index (χ0) is 15.2. The van der Waals surface area contributed by atoms with Gasteiger partial charge in [0.2, 0.25) is 0 Å². The Labute approximate surface area is 127 Å². The van der Waals surface area contributed by atoms with Crippen molar-refractivity contribution >= 4 is 0 Å². The Bertz CT molecular complexity index is 545. The van der Waals surface area contributed by atoms with Crippen LogP contribution in [0.5, 0.6) is 0 Å². The van der Waals surface area contributed by atoms with E-state index < -0.39 is 0 Å². The third-order valence-corrected chi connectivity index (χ3v) is 4.06. The van der Waals surface area contributed by atoms with Gasteiger partial charge in [0.25, 0.3) is 0 Å². The minimum Gasteiger partial charge on any atom is -0.307 e. The summed E-state index contributed by atoms with van der Waals surface area (Å²) in [6.45, 7) is 7.41. The van der Waals surface area contributed by atoms with E-state index in [0.29, 0.717) is 5.92 Å². The summed E-state index contributed by atoms with van der Waals surface area (Å²) in [6.07, 6.45) is 1.15. The van der Waals surface area contributed by atoms with Crippen molar-refractivity contribution in [2.75, 3.05) is 6.54 Å². The minimum atomic E-state index is -0.193. The summed E-state index contributed by atoms with van der Waals surface area (Å²) < 4.78 is 13.1. The van der Waals surface area contributed by atoms with Crippen molar-refractivity contribution in [3.63, 3.8) is 0 Å². The lowest BCUT2D eigenvalue weighted by Gasteiger charge is -2.20. The van der Waals surface area contributed by atoms with Crippen molar-refractivity contribution < 1.29 is 4.39 Å². The molecule has 1 N–H and O–H groups in total. The van der Waals surface area contributed by atoms with Crippen LogP contribution >= 0.6 is 0 Å². The highest BCUT2D eigenvalue weighted by atomic mass is 19.1. The first-order chi connectivity index (χ1) is 10.2. The fourth-order valence-electron chi connectivity index (χ4n) is 2.54. The number of hydrogen-bond acceptors (Lipinski definition) is 1. The quantitative estimate of drug-likeness (QED) is 0.784. The molecule has 112 valence electrons. The minimum absolute atomic E-state index is 0.113. The second-order valence-electron chi connectivity index (χ2n) is 5.52. The van der Waals surface area contributed by atoms with E-state index in [1.54, 1.807) is 0 Å². The lowest BCUT2D eigenvalue weighted by atomic mass is 9.93. The van der Waals surface area contributed by atoms with Crippen LogP contribution in [0.3, 0.4) is 0 Å². The van der Waals surface area contributed by atoms with Crippen LogP contribution in [0.2, 0.25) is 0 Å². The van der Waals surface area contributed by atoms with Crippen LogP contribution in [-0.4, -0.2) is 6.54 Å². The van der Waals surface area contributed by atoms with Crippen LogP contribution in [0, 0.1) is 5.82 Å². The van der Waals surface area contributed by atoms with Crippen LogP contribution in [0.15, 0.2) is 48.5 Å². The fraction of sp³-hybridized carbons (Fsp3) is 0.368. The first kappa shape index (κ1) is 15.7. The number of rotatable bonds is 6. The molecule has 0 spiro atoms. The van der Waals surface area contributed by atoms with E-state index in [0.717, 1.165) is 18.5 Å². The molecule has 0 aliphatic heterocycles. The lowest BCUT2D eigenvalue weighted by molar-refractivity contribution is 0.613. The monoisotopic (exact) mass is 285 g/mol. The van der Waals surface area contributed by atoms with Crippen molar-refractivity contribution in [2.45, 2.75) is 39.2 Å². The van der Waals surface area contributed by atoms with Gasteiger partial charge in [-0.3, -0.25) is 0 Å². The second-order valence-corrected chi connectivity index (χ2v) is 5.52. The summed E-state index contributed by atoms with van der Waals surface area (Å²) in [5.41, 5.74) is 3.68. The zero-order valence-electron chi connectivity index (χ0n) is 13.1. The number of halogens is 1. The Morgan fingerprint density at radius 1 is 0.857 bits per heavy atom. The maximum absolute atomic E-state index is 13.1. The van der Waals surface area contributed by atoms with E-state index in [1.165, 1.54) is 23.3 Å². The van der Waals surface area contributed by atoms with Crippen LogP contribution < -0.4 is 5.32 Å². The van der Waals surface area contributed by atoms with Gasteiger partial charge < -0.3 is 5.32 Å². The van der Waals surface area contributed by atoms with Gasteiger partial charge in [-0.05, 0) is 47.7 Å². The third-order valence-electron chi connectivity index (χ3n) is 4.06. The average Bonchev–Trinajstić information content (AvgIpc) is 2.53. The Morgan fingerprint density at radius 2 is 1.33 bits per heavy atom. The molecule has 2 heteroatoms. The first-order valence-corrected chi connectivity index (χ1v) is 7.74. The van der Waals surface area contributed by atoms with Crippen molar-refractivity contribution in [1.82, 2.24) is 5.32 Å². The Kier molecular flexibility index (Phi) is 5.51. The molecule has 0 saturated heterocycles. The van der Waals surface area contributed by atoms with Gasteiger partial charge in [-0.25, -0.2) is 4.39 Å². The molecule has 0 aliphatic rings. The maximum Gasteiger partial charge on any atom is 0.123 e. The summed E-state index contributed by atoms with van der Waals surface area (Å²) in [5, 5.41) is 3.47. The van der Waals surface area contributed by atoms with Crippen molar-refractivity contribution in [1.29, 1.82) is 0 Å². The van der Waals surface area contributed by atoms with Gasteiger partial charge in [0.1, 0.15) is 5.82 Å². The van der Waals surface area contributed by atoms with Crippen LogP contribution in [0.25, 0.3) is 0 Å². The molecule has 0 saturated carbocycles. The molecule has 21 heavy (non-hydrogen) atoms. The molecule has 0 radical (unpaired) electrons. The molecule has 2 atom stereocenters. The summed E-state index contributed by atoms with van der Waals surface area (Å²) in [7, 11) is 0. The van der Waals surface area contributed by atoms with Gasteiger partial charge in [-0.1, -0.05) is 57.2 Å². The molecule has 0 bridgehead atoms. The highest BCUT2D eigenvalue weighted by Crippen LogP contribution is 2.25. The second kappa shape index (κ2) is 7.37. The predicted molar refractivity (Wildman–Crippen MR) is 87.1 cm³/mol. The standard InChI is InChI=1S/C19H24FN/c1-4-14(3)15-6-8-16(9-7-15)19(21-5-2)17-10-12-18(20)13-11-17/h6-14,19,21H,4-5H2,1-3H3. The molecule has 1 nitrogen and oxygen atoms in total. The van der Waals surface area contributed by atoms with Crippen LogP contribution in [-0.2, 0) is 0 Å². The summed E-state index contributed by atoms with van der Waals surface area (Å²) in [4.78, 5) is 0. The SMILES string of the molecule is CCNC(c1ccc(F)cc1)c1ccc(C(C)CC)cc1. The van der Waals surface area contributed by atoms with E-state index in [4.69, 9.17) is 0 Å². The number of benzene rings is 2. The van der Waals surface area contributed by atoms with E-state index >= 15 is 0 Å². The highest BCUT2D eigenvalue weighted by Gasteiger charge is 2.13. The molecule has 0 amide bonds. The number of hydrogen-bond donors (Lipinski definition) is 1. The normalized spacial score (nSPS) is 13.9. The Morgan fingerprint density at radius 3 is 1.81 bits per heavy atom. The van der Waals surface area contributed by atoms with E-state index in [2.05, 4.69) is 50.4 Å². The molecule has 0 aliphatic carbocycles. The summed E-state index contributed by atoms with van der Waals surface area (Å²) in [5.74, 6) is 0.392. The lowest BCUT2D eigenvalue weighted by Crippen LogP contribution is -2.22. The van der Waals surface area contributed by atoms with Gasteiger partial charge in [0.05, 0.1) is 6.04 Å². The molecule has 2 rings (SSSR count). The smallest absolute Gasteiger partial charge is 0.123 e. The van der Waals surface area contributed by atoms with Crippen molar-refractivity contribution in [2.24, 2.45) is 0 Å². The van der Waals surface area contributed by atoms with Crippen molar-refractivity contribution in [3.8, 4) is 0 Å². The fourth-order valence-corrected chi connectivity index (χ4v) is 2.54. The van der Waals surface area contributed by atoms with E-state index in [1.807, 2.05) is 12.1 Å². The van der Waals surface area contributed by atoms with Crippen LogP contribution in [0.4, 0.5) is 4.39 Å². The Hall–Kier alpha value is -1.67. The molecule has 0 heterocycles.